The number of carbonyl (C=O) groups excluding carboxylic acids is 1. The molecule has 0 aliphatic carbocycles. The van der Waals surface area contributed by atoms with Gasteiger partial charge in [0.1, 0.15) is 17.5 Å². The maximum absolute atomic E-state index is 13.7. The Morgan fingerprint density at radius 1 is 1.03 bits per heavy atom. The monoisotopic (exact) mass is 450 g/mol. The lowest BCUT2D eigenvalue weighted by Gasteiger charge is -2.27. The van der Waals surface area contributed by atoms with E-state index in [-0.39, 0.29) is 30.0 Å². The van der Waals surface area contributed by atoms with Crippen molar-refractivity contribution in [1.82, 2.24) is 15.1 Å². The van der Waals surface area contributed by atoms with E-state index in [2.05, 4.69) is 10.6 Å². The van der Waals surface area contributed by atoms with Crippen LogP contribution < -0.4 is 10.6 Å². The lowest BCUT2D eigenvalue weighted by atomic mass is 10.1. The van der Waals surface area contributed by atoms with E-state index in [9.17, 15) is 18.0 Å². The van der Waals surface area contributed by atoms with Crippen molar-refractivity contribution in [2.24, 2.45) is 0 Å². The van der Waals surface area contributed by atoms with Crippen LogP contribution >= 0.6 is 12.2 Å². The van der Waals surface area contributed by atoms with Crippen molar-refractivity contribution in [3.8, 4) is 0 Å². The minimum Gasteiger partial charge on any atom is -0.356 e. The van der Waals surface area contributed by atoms with Crippen LogP contribution in [0.4, 0.5) is 18.9 Å². The Morgan fingerprint density at radius 2 is 1.74 bits per heavy atom. The zero-order valence-corrected chi connectivity index (χ0v) is 18.0. The second-order valence-corrected chi connectivity index (χ2v) is 7.90. The summed E-state index contributed by atoms with van der Waals surface area (Å²) in [6.45, 7) is 4.77. The Balaban J connectivity index is 1.48. The molecule has 1 saturated heterocycles. The zero-order chi connectivity index (χ0) is 22.4. The summed E-state index contributed by atoms with van der Waals surface area (Å²) in [5.41, 5.74) is 0.896. The Morgan fingerprint density at radius 3 is 2.45 bits per heavy atom. The third-order valence-electron chi connectivity index (χ3n) is 5.16. The van der Waals surface area contributed by atoms with Crippen LogP contribution in [0.25, 0.3) is 0 Å². The number of amides is 1. The van der Waals surface area contributed by atoms with Crippen LogP contribution in [0.15, 0.2) is 42.5 Å². The van der Waals surface area contributed by atoms with E-state index in [4.69, 9.17) is 12.2 Å². The van der Waals surface area contributed by atoms with Crippen LogP contribution in [0.2, 0.25) is 0 Å². The third kappa shape index (κ3) is 6.67. The lowest BCUT2D eigenvalue weighted by Crippen LogP contribution is -2.43. The third-order valence-corrected chi connectivity index (χ3v) is 5.53. The fourth-order valence-electron chi connectivity index (χ4n) is 3.43. The van der Waals surface area contributed by atoms with Crippen LogP contribution in [0.3, 0.4) is 0 Å². The van der Waals surface area contributed by atoms with Crippen LogP contribution in [0.5, 0.6) is 0 Å². The first-order chi connectivity index (χ1) is 14.8. The van der Waals surface area contributed by atoms with Gasteiger partial charge in [-0.3, -0.25) is 9.69 Å². The molecule has 1 heterocycles. The normalized spacial score (nSPS) is 15.8. The van der Waals surface area contributed by atoms with Gasteiger partial charge in [0.15, 0.2) is 5.11 Å². The minimum absolute atomic E-state index is 0.0389. The van der Waals surface area contributed by atoms with Gasteiger partial charge in [0, 0.05) is 32.2 Å². The zero-order valence-electron chi connectivity index (χ0n) is 17.2. The Hall–Kier alpha value is -2.65. The van der Waals surface area contributed by atoms with Gasteiger partial charge in [0.2, 0.25) is 5.91 Å². The van der Waals surface area contributed by atoms with Gasteiger partial charge < -0.3 is 15.5 Å². The van der Waals surface area contributed by atoms with Crippen molar-refractivity contribution in [3.05, 3.63) is 65.5 Å². The fourth-order valence-corrected chi connectivity index (χ4v) is 3.79. The number of hydrogen-bond donors (Lipinski definition) is 2. The predicted molar refractivity (Wildman–Crippen MR) is 118 cm³/mol. The van der Waals surface area contributed by atoms with E-state index < -0.39 is 11.6 Å². The van der Waals surface area contributed by atoms with Crippen molar-refractivity contribution in [1.29, 1.82) is 0 Å². The SMILES string of the molecule is CC(NC(=S)N1CCCN(CC(=O)Nc2ccc(F)cc2F)CC1)c1ccc(F)cc1. The van der Waals surface area contributed by atoms with E-state index in [1.165, 1.54) is 18.2 Å². The van der Waals surface area contributed by atoms with Gasteiger partial charge in [0.25, 0.3) is 0 Å². The molecule has 166 valence electrons. The molecule has 1 atom stereocenters. The van der Waals surface area contributed by atoms with Crippen molar-refractivity contribution in [2.45, 2.75) is 19.4 Å². The van der Waals surface area contributed by atoms with Gasteiger partial charge in [-0.25, -0.2) is 13.2 Å². The molecule has 31 heavy (non-hydrogen) atoms. The molecule has 5 nitrogen and oxygen atoms in total. The molecule has 1 amide bonds. The summed E-state index contributed by atoms with van der Waals surface area (Å²) in [4.78, 5) is 16.3. The molecule has 1 fully saturated rings. The molecule has 0 bridgehead atoms. The van der Waals surface area contributed by atoms with E-state index in [0.717, 1.165) is 30.7 Å². The molecule has 3 rings (SSSR count). The quantitative estimate of drug-likeness (QED) is 0.681. The van der Waals surface area contributed by atoms with Gasteiger partial charge in [-0.05, 0) is 55.4 Å². The molecule has 1 aliphatic rings. The first-order valence-corrected chi connectivity index (χ1v) is 10.5. The molecule has 2 aromatic carbocycles. The predicted octanol–water partition coefficient (Wildman–Crippen LogP) is 3.69. The van der Waals surface area contributed by atoms with Crippen LogP contribution in [0, 0.1) is 17.5 Å². The molecule has 0 spiro atoms. The maximum Gasteiger partial charge on any atom is 0.238 e. The van der Waals surface area contributed by atoms with E-state index in [0.29, 0.717) is 24.7 Å². The number of nitrogens with one attached hydrogen (secondary N) is 2. The second-order valence-electron chi connectivity index (χ2n) is 7.51. The highest BCUT2D eigenvalue weighted by Crippen LogP contribution is 2.16. The number of thiocarbonyl (C=S) groups is 1. The Labute approximate surface area is 185 Å². The van der Waals surface area contributed by atoms with Crippen molar-refractivity contribution < 1.29 is 18.0 Å². The molecule has 2 N–H and O–H groups in total. The average molecular weight is 451 g/mol. The van der Waals surface area contributed by atoms with Gasteiger partial charge in [-0.1, -0.05) is 12.1 Å². The molecule has 0 radical (unpaired) electrons. The van der Waals surface area contributed by atoms with E-state index in [1.807, 2.05) is 16.7 Å². The fraction of sp³-hybridized carbons (Fsp3) is 0.364. The summed E-state index contributed by atoms with van der Waals surface area (Å²) in [6, 6.07) is 9.27. The van der Waals surface area contributed by atoms with Gasteiger partial charge in [-0.2, -0.15) is 0 Å². The van der Waals surface area contributed by atoms with Crippen LogP contribution in [-0.2, 0) is 4.79 Å². The second kappa shape index (κ2) is 10.6. The summed E-state index contributed by atoms with van der Waals surface area (Å²) in [5.74, 6) is -2.13. The van der Waals surface area contributed by atoms with Crippen LogP contribution in [0.1, 0.15) is 24.9 Å². The number of nitrogens with zero attached hydrogens (tertiary/aromatic N) is 2. The number of anilines is 1. The summed E-state index contributed by atoms with van der Waals surface area (Å²) in [6.07, 6.45) is 0.810. The summed E-state index contributed by atoms with van der Waals surface area (Å²) in [7, 11) is 0. The van der Waals surface area contributed by atoms with Crippen molar-refractivity contribution >= 4 is 28.9 Å². The number of rotatable bonds is 5. The number of carbonyl (C=O) groups is 1. The highest BCUT2D eigenvalue weighted by Gasteiger charge is 2.20. The van der Waals surface area contributed by atoms with E-state index in [1.54, 1.807) is 12.1 Å². The van der Waals surface area contributed by atoms with Crippen molar-refractivity contribution in [2.75, 3.05) is 38.0 Å². The topological polar surface area (TPSA) is 47.6 Å². The molecular formula is C22H25F3N4OS. The summed E-state index contributed by atoms with van der Waals surface area (Å²) >= 11 is 5.54. The molecule has 2 aromatic rings. The number of halogens is 3. The highest BCUT2D eigenvalue weighted by atomic mass is 32.1. The highest BCUT2D eigenvalue weighted by molar-refractivity contribution is 7.80. The van der Waals surface area contributed by atoms with Crippen LogP contribution in [-0.4, -0.2) is 53.5 Å². The van der Waals surface area contributed by atoms with Gasteiger partial charge in [-0.15, -0.1) is 0 Å². The molecule has 0 saturated carbocycles. The molecule has 9 heteroatoms. The first kappa shape index (κ1) is 23.0. The summed E-state index contributed by atoms with van der Waals surface area (Å²) in [5, 5.41) is 6.37. The molecular weight excluding hydrogens is 425 g/mol. The largest absolute Gasteiger partial charge is 0.356 e. The molecule has 1 unspecified atom stereocenters. The minimum atomic E-state index is -0.804. The Bertz CT molecular complexity index is 925. The lowest BCUT2D eigenvalue weighted by molar-refractivity contribution is -0.117. The smallest absolute Gasteiger partial charge is 0.238 e. The van der Waals surface area contributed by atoms with Gasteiger partial charge >= 0.3 is 0 Å². The first-order valence-electron chi connectivity index (χ1n) is 10.1. The molecule has 0 aromatic heterocycles. The standard InChI is InChI=1S/C22H25F3N4OS/c1-15(16-3-5-17(23)6-4-16)26-22(31)29-10-2-9-28(11-12-29)14-21(30)27-20-8-7-18(24)13-19(20)25/h3-8,13,15H,2,9-12,14H2,1H3,(H,26,31)(H,27,30). The maximum atomic E-state index is 13.7. The molecule has 1 aliphatic heterocycles. The number of hydrogen-bond acceptors (Lipinski definition) is 3. The summed E-state index contributed by atoms with van der Waals surface area (Å²) < 4.78 is 39.8. The number of benzene rings is 2. The van der Waals surface area contributed by atoms with E-state index >= 15 is 0 Å². The average Bonchev–Trinajstić information content (AvgIpc) is 2.96. The van der Waals surface area contributed by atoms with Gasteiger partial charge in [0.05, 0.1) is 18.3 Å². The van der Waals surface area contributed by atoms with Crippen molar-refractivity contribution in [3.63, 3.8) is 0 Å². The Kier molecular flexibility index (Phi) is 7.86.